The van der Waals surface area contributed by atoms with Crippen molar-refractivity contribution in [2.45, 2.75) is 80.4 Å². The van der Waals surface area contributed by atoms with Crippen LogP contribution < -0.4 is 10.2 Å². The topological polar surface area (TPSA) is 94.1 Å². The van der Waals surface area contributed by atoms with Crippen molar-refractivity contribution >= 4 is 29.2 Å². The number of hydrogen-bond acceptors (Lipinski definition) is 9. The third-order valence-electron chi connectivity index (χ3n) is 10.3. The number of amides is 1. The number of carbonyl (C=O) groups is 2. The van der Waals surface area contributed by atoms with Crippen LogP contribution >= 0.6 is 11.6 Å². The van der Waals surface area contributed by atoms with Crippen molar-refractivity contribution in [3.05, 3.63) is 30.2 Å². The summed E-state index contributed by atoms with van der Waals surface area (Å²) in [6.45, 7) is 6.06. The molecule has 1 N–H and O–H groups in total. The van der Waals surface area contributed by atoms with Crippen LogP contribution in [-0.4, -0.2) is 131 Å². The molecule has 1 aromatic rings. The molecular weight excluding hydrogens is 561 g/mol. The van der Waals surface area contributed by atoms with Gasteiger partial charge in [-0.25, -0.2) is 14.4 Å². The minimum Gasteiger partial charge on any atom is -0.369 e. The van der Waals surface area contributed by atoms with E-state index in [-0.39, 0.29) is 47.2 Å². The van der Waals surface area contributed by atoms with E-state index in [4.69, 9.17) is 16.3 Å². The molecular formula is C30H41ClFN7O3. The summed E-state index contributed by atoms with van der Waals surface area (Å²) in [5, 5.41) is 2.98. The summed E-state index contributed by atoms with van der Waals surface area (Å²) in [7, 11) is 0. The molecule has 228 valence electrons. The predicted molar refractivity (Wildman–Crippen MR) is 156 cm³/mol. The maximum atomic E-state index is 16.3. The van der Waals surface area contributed by atoms with E-state index in [1.807, 2.05) is 0 Å². The van der Waals surface area contributed by atoms with Crippen LogP contribution in [0.2, 0.25) is 0 Å². The van der Waals surface area contributed by atoms with Crippen LogP contribution in [0.25, 0.3) is 0 Å². The van der Waals surface area contributed by atoms with Crippen LogP contribution in [0, 0.1) is 5.92 Å². The van der Waals surface area contributed by atoms with E-state index in [9.17, 15) is 9.59 Å². The minimum atomic E-state index is -1.24. The zero-order valence-corrected chi connectivity index (χ0v) is 24.7. The molecule has 8 atom stereocenters. The molecule has 2 aliphatic carbocycles. The molecule has 0 bridgehead atoms. The summed E-state index contributed by atoms with van der Waals surface area (Å²) in [5.41, 5.74) is 0.159. The quantitative estimate of drug-likeness (QED) is 0.385. The van der Waals surface area contributed by atoms with Crippen molar-refractivity contribution in [2.24, 2.45) is 5.92 Å². The lowest BCUT2D eigenvalue weighted by Crippen LogP contribution is -2.74. The number of ketones is 1. The van der Waals surface area contributed by atoms with E-state index < -0.39 is 24.2 Å². The number of ether oxygens (including phenoxy) is 1. The van der Waals surface area contributed by atoms with Gasteiger partial charge in [-0.05, 0) is 57.7 Å². The predicted octanol–water partition coefficient (Wildman–Crippen LogP) is 1.60. The number of piperazine rings is 1. The monoisotopic (exact) mass is 601 g/mol. The van der Waals surface area contributed by atoms with Crippen molar-refractivity contribution in [1.29, 1.82) is 0 Å². The average molecular weight is 602 g/mol. The largest absolute Gasteiger partial charge is 0.369 e. The summed E-state index contributed by atoms with van der Waals surface area (Å²) in [6.07, 6.45) is 8.18. The van der Waals surface area contributed by atoms with E-state index in [1.165, 1.54) is 12.8 Å². The Morgan fingerprint density at radius 2 is 1.81 bits per heavy atom. The third kappa shape index (κ3) is 5.31. The first-order valence-electron chi connectivity index (χ1n) is 15.7. The molecule has 2 saturated carbocycles. The van der Waals surface area contributed by atoms with Crippen LogP contribution in [0.3, 0.4) is 0 Å². The van der Waals surface area contributed by atoms with E-state index in [1.54, 1.807) is 24.7 Å². The van der Waals surface area contributed by atoms with Crippen LogP contribution in [0.5, 0.6) is 0 Å². The van der Waals surface area contributed by atoms with Gasteiger partial charge in [0.25, 0.3) is 5.91 Å². The second kappa shape index (κ2) is 12.0. The molecule has 8 unspecified atom stereocenters. The lowest BCUT2D eigenvalue weighted by Gasteiger charge is -2.61. The lowest BCUT2D eigenvalue weighted by atomic mass is 9.69. The highest BCUT2D eigenvalue weighted by molar-refractivity contribution is 6.21. The van der Waals surface area contributed by atoms with Gasteiger partial charge >= 0.3 is 0 Å². The molecule has 3 saturated heterocycles. The molecule has 5 fully saturated rings. The number of Topliss-reactive ketones (excluding diaryl/α,β-unsaturated/α-hetero) is 1. The number of nitrogens with one attached hydrogen (secondary N) is 1. The van der Waals surface area contributed by atoms with Crippen molar-refractivity contribution < 1.29 is 18.7 Å². The minimum absolute atomic E-state index is 0.0000123. The SMILES string of the molecule is O=C(NCCN1CCCC1)C1=CN2C3CCC(Cl)CC3OC3C(N4CCN(c5ncccn5)CC4)C(F)CC(C1=O)C32. The number of morpholine rings is 1. The fourth-order valence-corrected chi connectivity index (χ4v) is 8.54. The van der Waals surface area contributed by atoms with Crippen LogP contribution in [0.15, 0.2) is 30.2 Å². The van der Waals surface area contributed by atoms with E-state index in [0.29, 0.717) is 45.1 Å². The van der Waals surface area contributed by atoms with E-state index in [2.05, 4.69) is 34.9 Å². The standard InChI is InChI=1S/C30H41ClFN7O3/c31-19-4-5-23-24(16-19)42-28-25-20(27(40)21(18-39(23)25)29(41)33-8-11-36-9-1-2-10-36)17-22(32)26(28)37-12-14-38(15-13-37)30-34-6-3-7-35-30/h3,6-7,18-20,22-26,28H,1-2,4-5,8-17H2,(H,33,41). The normalized spacial score (nSPS) is 37.2. The molecule has 0 spiro atoms. The van der Waals surface area contributed by atoms with Crippen LogP contribution in [0.4, 0.5) is 10.3 Å². The molecule has 1 aromatic heterocycles. The zero-order valence-electron chi connectivity index (χ0n) is 24.0. The molecule has 10 nitrogen and oxygen atoms in total. The first-order chi connectivity index (χ1) is 20.5. The van der Waals surface area contributed by atoms with Gasteiger partial charge in [0.1, 0.15) is 6.17 Å². The summed E-state index contributed by atoms with van der Waals surface area (Å²) < 4.78 is 23.1. The van der Waals surface area contributed by atoms with E-state index >= 15 is 4.39 Å². The summed E-state index contributed by atoms with van der Waals surface area (Å²) in [5.74, 6) is -0.523. The number of hydrogen-bond donors (Lipinski definition) is 1. The summed E-state index contributed by atoms with van der Waals surface area (Å²) >= 11 is 6.61. The van der Waals surface area contributed by atoms with Gasteiger partial charge in [0, 0.05) is 69.2 Å². The van der Waals surface area contributed by atoms with Gasteiger partial charge in [0.05, 0.1) is 35.9 Å². The second-order valence-corrected chi connectivity index (χ2v) is 13.3. The summed E-state index contributed by atoms with van der Waals surface area (Å²) in [6, 6.07) is 1.06. The fraction of sp³-hybridized carbons (Fsp3) is 0.733. The number of anilines is 1. The Labute approximate surface area is 251 Å². The van der Waals surface area contributed by atoms with Crippen molar-refractivity contribution in [1.82, 2.24) is 30.0 Å². The van der Waals surface area contributed by atoms with Gasteiger partial charge < -0.3 is 24.8 Å². The van der Waals surface area contributed by atoms with Crippen molar-refractivity contribution in [3.8, 4) is 0 Å². The van der Waals surface area contributed by atoms with Gasteiger partial charge in [0.15, 0.2) is 5.78 Å². The zero-order chi connectivity index (χ0) is 28.8. The Balaban J connectivity index is 1.12. The Hall–Kier alpha value is -2.34. The number of carbonyl (C=O) groups excluding carboxylic acids is 2. The highest BCUT2D eigenvalue weighted by Gasteiger charge is 2.60. The van der Waals surface area contributed by atoms with Gasteiger partial charge in [-0.15, -0.1) is 11.6 Å². The molecule has 6 aliphatic rings. The first-order valence-corrected chi connectivity index (χ1v) is 16.1. The molecule has 7 rings (SSSR count). The van der Waals surface area contributed by atoms with Gasteiger partial charge in [-0.3, -0.25) is 14.5 Å². The van der Waals surface area contributed by atoms with Crippen LogP contribution in [-0.2, 0) is 14.3 Å². The molecule has 42 heavy (non-hydrogen) atoms. The smallest absolute Gasteiger partial charge is 0.256 e. The molecule has 0 radical (unpaired) electrons. The molecule has 1 amide bonds. The maximum absolute atomic E-state index is 16.3. The number of rotatable bonds is 6. The third-order valence-corrected chi connectivity index (χ3v) is 10.7. The second-order valence-electron chi connectivity index (χ2n) is 12.7. The highest BCUT2D eigenvalue weighted by Crippen LogP contribution is 2.47. The molecule has 0 aromatic carbocycles. The summed E-state index contributed by atoms with van der Waals surface area (Å²) in [4.78, 5) is 44.8. The number of aromatic nitrogens is 2. The number of nitrogens with zero attached hydrogens (tertiary/aromatic N) is 6. The maximum Gasteiger partial charge on any atom is 0.256 e. The fourth-order valence-electron chi connectivity index (χ4n) is 8.24. The Kier molecular flexibility index (Phi) is 8.11. The Morgan fingerprint density at radius 1 is 1.05 bits per heavy atom. The van der Waals surface area contributed by atoms with Gasteiger partial charge in [0.2, 0.25) is 5.95 Å². The lowest BCUT2D eigenvalue weighted by molar-refractivity contribution is -0.211. The van der Waals surface area contributed by atoms with Gasteiger partial charge in [-0.2, -0.15) is 0 Å². The van der Waals surface area contributed by atoms with Crippen molar-refractivity contribution in [3.63, 3.8) is 0 Å². The first kappa shape index (κ1) is 28.4. The van der Waals surface area contributed by atoms with Gasteiger partial charge in [-0.1, -0.05) is 0 Å². The van der Waals surface area contributed by atoms with E-state index in [0.717, 1.165) is 32.5 Å². The Bertz CT molecular complexity index is 1180. The number of halogens is 2. The molecule has 12 heteroatoms. The number of fused-ring (bicyclic) bond motifs is 2. The Morgan fingerprint density at radius 3 is 2.57 bits per heavy atom. The number of likely N-dealkylation sites (tertiary alicyclic amines) is 1. The molecule has 4 aliphatic heterocycles. The molecule has 5 heterocycles. The van der Waals surface area contributed by atoms with Crippen LogP contribution in [0.1, 0.15) is 38.5 Å². The average Bonchev–Trinajstić information content (AvgIpc) is 3.52. The number of alkyl halides is 2. The van der Waals surface area contributed by atoms with Crippen molar-refractivity contribution in [2.75, 3.05) is 57.3 Å². The highest BCUT2D eigenvalue weighted by atomic mass is 35.5.